The SMILES string of the molecule is O=C(NCc1ccccc1)N1C[C@H]2CNC[C@H]2C1. The van der Waals surface area contributed by atoms with Crippen LogP contribution in [-0.2, 0) is 6.54 Å². The quantitative estimate of drug-likeness (QED) is 0.818. The number of benzene rings is 1. The molecule has 2 aliphatic rings. The first-order valence-corrected chi connectivity index (χ1v) is 6.60. The number of urea groups is 1. The Morgan fingerprint density at radius 2 is 1.89 bits per heavy atom. The van der Waals surface area contributed by atoms with Crippen molar-refractivity contribution in [2.45, 2.75) is 6.54 Å². The van der Waals surface area contributed by atoms with Crippen molar-refractivity contribution < 1.29 is 4.79 Å². The lowest BCUT2D eigenvalue weighted by molar-refractivity contribution is 0.205. The Bertz CT molecular complexity index is 408. The topological polar surface area (TPSA) is 44.4 Å². The van der Waals surface area contributed by atoms with E-state index < -0.39 is 0 Å². The standard InChI is InChI=1S/C14H19N3O/c18-14(16-6-11-4-2-1-3-5-11)17-9-12-7-15-8-13(12)10-17/h1-5,12-13,15H,6-10H2,(H,16,18)/t12-,13+. The number of fused-ring (bicyclic) bond motifs is 1. The van der Waals surface area contributed by atoms with Crippen LogP contribution in [0.25, 0.3) is 0 Å². The summed E-state index contributed by atoms with van der Waals surface area (Å²) in [5, 5.41) is 6.38. The number of nitrogens with one attached hydrogen (secondary N) is 2. The molecule has 0 aromatic heterocycles. The van der Waals surface area contributed by atoms with Gasteiger partial charge in [-0.2, -0.15) is 0 Å². The van der Waals surface area contributed by atoms with Gasteiger partial charge in [0.1, 0.15) is 0 Å². The molecule has 0 spiro atoms. The highest BCUT2D eigenvalue weighted by atomic mass is 16.2. The lowest BCUT2D eigenvalue weighted by Crippen LogP contribution is -2.39. The second-order valence-corrected chi connectivity index (χ2v) is 5.23. The van der Waals surface area contributed by atoms with Crippen molar-refractivity contribution in [3.63, 3.8) is 0 Å². The van der Waals surface area contributed by atoms with Crippen LogP contribution in [0, 0.1) is 11.8 Å². The maximum absolute atomic E-state index is 12.0. The van der Waals surface area contributed by atoms with E-state index in [1.54, 1.807) is 0 Å². The lowest BCUT2D eigenvalue weighted by atomic mass is 10.0. The van der Waals surface area contributed by atoms with Gasteiger partial charge in [0.15, 0.2) is 0 Å². The largest absolute Gasteiger partial charge is 0.334 e. The number of carbonyl (C=O) groups excluding carboxylic acids is 1. The minimum atomic E-state index is 0.0771. The summed E-state index contributed by atoms with van der Waals surface area (Å²) in [6.07, 6.45) is 0. The van der Waals surface area contributed by atoms with Crippen molar-refractivity contribution in [1.29, 1.82) is 0 Å². The maximum Gasteiger partial charge on any atom is 0.317 e. The molecule has 0 saturated carbocycles. The third kappa shape index (κ3) is 2.34. The smallest absolute Gasteiger partial charge is 0.317 e. The van der Waals surface area contributed by atoms with Gasteiger partial charge in [-0.1, -0.05) is 30.3 Å². The highest BCUT2D eigenvalue weighted by Crippen LogP contribution is 2.26. The predicted molar refractivity (Wildman–Crippen MR) is 70.1 cm³/mol. The second kappa shape index (κ2) is 4.98. The third-order valence-corrected chi connectivity index (χ3v) is 3.96. The van der Waals surface area contributed by atoms with E-state index in [9.17, 15) is 4.79 Å². The zero-order valence-electron chi connectivity index (χ0n) is 10.4. The number of hydrogen-bond acceptors (Lipinski definition) is 2. The fourth-order valence-corrected chi connectivity index (χ4v) is 2.91. The molecule has 0 bridgehead atoms. The van der Waals surface area contributed by atoms with Crippen molar-refractivity contribution in [3.8, 4) is 0 Å². The van der Waals surface area contributed by atoms with Gasteiger partial charge in [0.05, 0.1) is 0 Å². The van der Waals surface area contributed by atoms with E-state index in [0.29, 0.717) is 18.4 Å². The highest BCUT2D eigenvalue weighted by molar-refractivity contribution is 5.74. The highest BCUT2D eigenvalue weighted by Gasteiger charge is 2.37. The van der Waals surface area contributed by atoms with Crippen LogP contribution < -0.4 is 10.6 Å². The monoisotopic (exact) mass is 245 g/mol. The molecular weight excluding hydrogens is 226 g/mol. The van der Waals surface area contributed by atoms with Crippen molar-refractivity contribution in [2.24, 2.45) is 11.8 Å². The zero-order chi connectivity index (χ0) is 12.4. The van der Waals surface area contributed by atoms with Gasteiger partial charge < -0.3 is 15.5 Å². The first kappa shape index (κ1) is 11.5. The summed E-state index contributed by atoms with van der Waals surface area (Å²) >= 11 is 0. The number of nitrogens with zero attached hydrogens (tertiary/aromatic N) is 1. The van der Waals surface area contributed by atoms with E-state index in [0.717, 1.165) is 31.7 Å². The number of hydrogen-bond donors (Lipinski definition) is 2. The van der Waals surface area contributed by atoms with Crippen LogP contribution in [0.3, 0.4) is 0 Å². The Labute approximate surface area is 107 Å². The van der Waals surface area contributed by atoms with Crippen LogP contribution in [-0.4, -0.2) is 37.1 Å². The number of rotatable bonds is 2. The molecule has 0 aliphatic carbocycles. The summed E-state index contributed by atoms with van der Waals surface area (Å²) in [5.41, 5.74) is 1.15. The van der Waals surface area contributed by atoms with E-state index in [1.807, 2.05) is 35.2 Å². The molecule has 4 heteroatoms. The molecule has 2 amide bonds. The fraction of sp³-hybridized carbons (Fsp3) is 0.500. The molecule has 2 N–H and O–H groups in total. The zero-order valence-corrected chi connectivity index (χ0v) is 10.4. The molecule has 18 heavy (non-hydrogen) atoms. The Morgan fingerprint density at radius 3 is 2.56 bits per heavy atom. The maximum atomic E-state index is 12.0. The van der Waals surface area contributed by atoms with Crippen molar-refractivity contribution in [3.05, 3.63) is 35.9 Å². The van der Waals surface area contributed by atoms with Gasteiger partial charge in [0, 0.05) is 32.7 Å². The van der Waals surface area contributed by atoms with Gasteiger partial charge in [-0.3, -0.25) is 0 Å². The number of amides is 2. The van der Waals surface area contributed by atoms with Gasteiger partial charge in [0.2, 0.25) is 0 Å². The molecule has 2 saturated heterocycles. The van der Waals surface area contributed by atoms with Crippen LogP contribution in [0.15, 0.2) is 30.3 Å². The Kier molecular flexibility index (Phi) is 3.19. The van der Waals surface area contributed by atoms with Crippen molar-refractivity contribution >= 4 is 6.03 Å². The van der Waals surface area contributed by atoms with Crippen molar-refractivity contribution in [2.75, 3.05) is 26.2 Å². The minimum Gasteiger partial charge on any atom is -0.334 e. The number of carbonyl (C=O) groups is 1. The molecule has 2 fully saturated rings. The van der Waals surface area contributed by atoms with Gasteiger partial charge in [-0.15, -0.1) is 0 Å². The molecule has 0 radical (unpaired) electrons. The molecule has 2 aliphatic heterocycles. The van der Waals surface area contributed by atoms with E-state index in [2.05, 4.69) is 10.6 Å². The second-order valence-electron chi connectivity index (χ2n) is 5.23. The Hall–Kier alpha value is -1.55. The molecule has 2 atom stereocenters. The van der Waals surface area contributed by atoms with Crippen LogP contribution in [0.4, 0.5) is 4.79 Å². The Balaban J connectivity index is 1.50. The van der Waals surface area contributed by atoms with Gasteiger partial charge >= 0.3 is 6.03 Å². The summed E-state index contributed by atoms with van der Waals surface area (Å²) in [6.45, 7) is 4.54. The van der Waals surface area contributed by atoms with Gasteiger partial charge in [0.25, 0.3) is 0 Å². The average molecular weight is 245 g/mol. The van der Waals surface area contributed by atoms with E-state index in [4.69, 9.17) is 0 Å². The summed E-state index contributed by atoms with van der Waals surface area (Å²) < 4.78 is 0. The normalized spacial score (nSPS) is 26.1. The summed E-state index contributed by atoms with van der Waals surface area (Å²) in [4.78, 5) is 14.0. The molecule has 96 valence electrons. The third-order valence-electron chi connectivity index (χ3n) is 3.96. The predicted octanol–water partition coefficient (Wildman–Crippen LogP) is 1.05. The first-order chi connectivity index (χ1) is 8.83. The lowest BCUT2D eigenvalue weighted by Gasteiger charge is -2.18. The fourth-order valence-electron chi connectivity index (χ4n) is 2.91. The molecule has 1 aromatic rings. The molecule has 4 nitrogen and oxygen atoms in total. The van der Waals surface area contributed by atoms with E-state index in [1.165, 1.54) is 0 Å². The summed E-state index contributed by atoms with van der Waals surface area (Å²) in [5.74, 6) is 1.32. The van der Waals surface area contributed by atoms with E-state index in [-0.39, 0.29) is 6.03 Å². The molecule has 0 unspecified atom stereocenters. The van der Waals surface area contributed by atoms with Crippen molar-refractivity contribution in [1.82, 2.24) is 15.5 Å². The summed E-state index contributed by atoms with van der Waals surface area (Å²) in [7, 11) is 0. The molecule has 1 aromatic carbocycles. The molecule has 3 rings (SSSR count). The minimum absolute atomic E-state index is 0.0771. The van der Waals surface area contributed by atoms with Crippen LogP contribution >= 0.6 is 0 Å². The molecule has 2 heterocycles. The molecular formula is C14H19N3O. The first-order valence-electron chi connectivity index (χ1n) is 6.60. The average Bonchev–Trinajstić information content (AvgIpc) is 2.98. The van der Waals surface area contributed by atoms with Gasteiger partial charge in [-0.05, 0) is 17.4 Å². The van der Waals surface area contributed by atoms with Crippen LogP contribution in [0.1, 0.15) is 5.56 Å². The Morgan fingerprint density at radius 1 is 1.22 bits per heavy atom. The van der Waals surface area contributed by atoms with Crippen LogP contribution in [0.2, 0.25) is 0 Å². The van der Waals surface area contributed by atoms with E-state index >= 15 is 0 Å². The number of likely N-dealkylation sites (tertiary alicyclic amines) is 1. The summed E-state index contributed by atoms with van der Waals surface area (Å²) in [6, 6.07) is 10.1. The van der Waals surface area contributed by atoms with Crippen LogP contribution in [0.5, 0.6) is 0 Å². The van der Waals surface area contributed by atoms with Gasteiger partial charge in [-0.25, -0.2) is 4.79 Å².